The van der Waals surface area contributed by atoms with Gasteiger partial charge in [0.15, 0.2) is 0 Å². The Bertz CT molecular complexity index is 388. The number of rotatable bonds is 4. The molecule has 4 nitrogen and oxygen atoms in total. The van der Waals surface area contributed by atoms with Gasteiger partial charge in [-0.2, -0.15) is 5.10 Å². The number of aromatic nitrogens is 2. The van der Waals surface area contributed by atoms with Crippen LogP contribution in [0.2, 0.25) is 0 Å². The summed E-state index contributed by atoms with van der Waals surface area (Å²) in [5, 5.41) is 4.06. The second-order valence-electron chi connectivity index (χ2n) is 5.03. The van der Waals surface area contributed by atoms with Crippen molar-refractivity contribution in [1.82, 2.24) is 9.78 Å². The highest BCUT2D eigenvalue weighted by molar-refractivity contribution is 9.10. The summed E-state index contributed by atoms with van der Waals surface area (Å²) in [5.41, 5.74) is 0.315. The van der Waals surface area contributed by atoms with Crippen LogP contribution in [0.3, 0.4) is 0 Å². The van der Waals surface area contributed by atoms with Crippen molar-refractivity contribution in [3.63, 3.8) is 0 Å². The number of Topliss-reactive ketones (excluding diaryl/α,β-unsaturated/α-hetero) is 1. The molecule has 0 saturated heterocycles. The Morgan fingerprint density at radius 3 is 2.53 bits per heavy atom. The van der Waals surface area contributed by atoms with Crippen LogP contribution in [0.4, 0.5) is 0 Å². The van der Waals surface area contributed by atoms with Crippen LogP contribution in [-0.2, 0) is 11.8 Å². The molecule has 5 heteroatoms. The molecule has 0 radical (unpaired) electrons. The summed E-state index contributed by atoms with van der Waals surface area (Å²) in [7, 11) is 1.75. The highest BCUT2D eigenvalue weighted by atomic mass is 79.9. The van der Waals surface area contributed by atoms with Crippen LogP contribution in [0.15, 0.2) is 10.7 Å². The number of carbonyl (C=O) groups excluding carboxylic acids is 1. The van der Waals surface area contributed by atoms with E-state index in [1.165, 1.54) is 0 Å². The fourth-order valence-electron chi connectivity index (χ4n) is 1.70. The molecule has 0 aliphatic carbocycles. The van der Waals surface area contributed by atoms with E-state index in [1.54, 1.807) is 17.9 Å². The van der Waals surface area contributed by atoms with Crippen molar-refractivity contribution in [2.75, 3.05) is 6.61 Å². The van der Waals surface area contributed by atoms with Crippen molar-refractivity contribution in [3.05, 3.63) is 16.4 Å². The Balaban J connectivity index is 3.09. The molecule has 0 saturated carbocycles. The first-order valence-electron chi connectivity index (χ1n) is 5.62. The Hall–Kier alpha value is -0.680. The van der Waals surface area contributed by atoms with Crippen LogP contribution in [0.1, 0.15) is 38.2 Å². The molecule has 1 rings (SSSR count). The molecule has 1 atom stereocenters. The minimum atomic E-state index is -0.459. The molecule has 0 aliphatic heterocycles. The van der Waals surface area contributed by atoms with Gasteiger partial charge in [0.2, 0.25) is 5.78 Å². The third-order valence-electron chi connectivity index (χ3n) is 2.49. The quantitative estimate of drug-likeness (QED) is 0.803. The monoisotopic (exact) mass is 302 g/mol. The van der Waals surface area contributed by atoms with Gasteiger partial charge in [-0.25, -0.2) is 0 Å². The molecule has 0 spiro atoms. The minimum absolute atomic E-state index is 0.0359. The van der Waals surface area contributed by atoms with Crippen molar-refractivity contribution in [1.29, 1.82) is 0 Å². The van der Waals surface area contributed by atoms with E-state index in [2.05, 4.69) is 21.0 Å². The molecule has 0 amide bonds. The molecule has 0 fully saturated rings. The SMILES string of the molecule is CCOC(C(=O)c1c(Br)cnn1C)C(C)(C)C. The topological polar surface area (TPSA) is 44.1 Å². The van der Waals surface area contributed by atoms with Gasteiger partial charge in [-0.15, -0.1) is 0 Å². The first kappa shape index (κ1) is 14.4. The van der Waals surface area contributed by atoms with Gasteiger partial charge in [0.05, 0.1) is 10.7 Å². The van der Waals surface area contributed by atoms with E-state index in [0.717, 1.165) is 0 Å². The maximum Gasteiger partial charge on any atom is 0.211 e. The smallest absolute Gasteiger partial charge is 0.211 e. The van der Waals surface area contributed by atoms with E-state index in [1.807, 2.05) is 27.7 Å². The molecule has 0 N–H and O–H groups in total. The molecule has 1 aromatic heterocycles. The van der Waals surface area contributed by atoms with Crippen molar-refractivity contribution in [2.45, 2.75) is 33.8 Å². The molecule has 17 heavy (non-hydrogen) atoms. The lowest BCUT2D eigenvalue weighted by molar-refractivity contribution is -0.000912. The summed E-state index contributed by atoms with van der Waals surface area (Å²) in [6, 6.07) is 0. The molecule has 1 unspecified atom stereocenters. The molecular weight excluding hydrogens is 284 g/mol. The maximum atomic E-state index is 12.5. The Morgan fingerprint density at radius 2 is 2.18 bits per heavy atom. The van der Waals surface area contributed by atoms with E-state index in [9.17, 15) is 4.79 Å². The lowest BCUT2D eigenvalue weighted by Crippen LogP contribution is -2.38. The highest BCUT2D eigenvalue weighted by Gasteiger charge is 2.35. The van der Waals surface area contributed by atoms with Gasteiger partial charge >= 0.3 is 0 Å². The molecule has 0 bridgehead atoms. The number of nitrogens with zero attached hydrogens (tertiary/aromatic N) is 2. The van der Waals surface area contributed by atoms with Crippen LogP contribution in [0.25, 0.3) is 0 Å². The van der Waals surface area contributed by atoms with Gasteiger partial charge < -0.3 is 4.74 Å². The number of aryl methyl sites for hydroxylation is 1. The first-order valence-corrected chi connectivity index (χ1v) is 6.41. The van der Waals surface area contributed by atoms with E-state index in [0.29, 0.717) is 16.8 Å². The number of ketones is 1. The summed E-state index contributed by atoms with van der Waals surface area (Å²) >= 11 is 3.34. The number of carbonyl (C=O) groups is 1. The van der Waals surface area contributed by atoms with Crippen molar-refractivity contribution in [2.24, 2.45) is 12.5 Å². The number of ether oxygens (including phenoxy) is 1. The number of halogens is 1. The van der Waals surface area contributed by atoms with E-state index in [-0.39, 0.29) is 11.2 Å². The summed E-state index contributed by atoms with van der Waals surface area (Å²) in [6.07, 6.45) is 1.16. The van der Waals surface area contributed by atoms with E-state index >= 15 is 0 Å². The summed E-state index contributed by atoms with van der Waals surface area (Å²) in [5.74, 6) is -0.0359. The number of hydrogen-bond donors (Lipinski definition) is 0. The maximum absolute atomic E-state index is 12.5. The van der Waals surface area contributed by atoms with Crippen LogP contribution in [-0.4, -0.2) is 28.3 Å². The molecule has 96 valence electrons. The van der Waals surface area contributed by atoms with Gasteiger partial charge in [-0.1, -0.05) is 20.8 Å². The molecular formula is C12H19BrN2O2. The van der Waals surface area contributed by atoms with Gasteiger partial charge in [0, 0.05) is 13.7 Å². The third-order valence-corrected chi connectivity index (χ3v) is 3.07. The molecule has 0 aliphatic rings. The Morgan fingerprint density at radius 1 is 1.59 bits per heavy atom. The van der Waals surface area contributed by atoms with E-state index in [4.69, 9.17) is 4.74 Å². The highest BCUT2D eigenvalue weighted by Crippen LogP contribution is 2.28. The largest absolute Gasteiger partial charge is 0.370 e. The standard InChI is InChI=1S/C12H19BrN2O2/c1-6-17-11(12(2,3)4)10(16)9-8(13)7-14-15(9)5/h7,11H,6H2,1-5H3. The average molecular weight is 303 g/mol. The average Bonchev–Trinajstić information content (AvgIpc) is 2.52. The fraction of sp³-hybridized carbons (Fsp3) is 0.667. The van der Waals surface area contributed by atoms with E-state index < -0.39 is 6.10 Å². The predicted molar refractivity (Wildman–Crippen MR) is 70.1 cm³/mol. The van der Waals surface area contributed by atoms with Crippen LogP contribution in [0.5, 0.6) is 0 Å². The van der Waals surface area contributed by atoms with Crippen LogP contribution >= 0.6 is 15.9 Å². The summed E-state index contributed by atoms with van der Waals surface area (Å²) in [6.45, 7) is 8.40. The molecule has 0 aromatic carbocycles. The second-order valence-corrected chi connectivity index (χ2v) is 5.88. The first-order chi connectivity index (χ1) is 7.79. The summed E-state index contributed by atoms with van der Waals surface area (Å²) < 4.78 is 7.87. The second kappa shape index (κ2) is 5.31. The van der Waals surface area contributed by atoms with Gasteiger partial charge in [-0.3, -0.25) is 9.48 Å². The van der Waals surface area contributed by atoms with Gasteiger partial charge in [0.25, 0.3) is 0 Å². The lowest BCUT2D eigenvalue weighted by atomic mass is 9.85. The van der Waals surface area contributed by atoms with Gasteiger partial charge in [0.1, 0.15) is 11.8 Å². The van der Waals surface area contributed by atoms with Crippen molar-refractivity contribution >= 4 is 21.7 Å². The zero-order chi connectivity index (χ0) is 13.2. The Kier molecular flexibility index (Phi) is 4.49. The fourth-order valence-corrected chi connectivity index (χ4v) is 2.24. The summed E-state index contributed by atoms with van der Waals surface area (Å²) in [4.78, 5) is 12.5. The van der Waals surface area contributed by atoms with Crippen molar-refractivity contribution < 1.29 is 9.53 Å². The van der Waals surface area contributed by atoms with Gasteiger partial charge in [-0.05, 0) is 28.3 Å². The zero-order valence-corrected chi connectivity index (χ0v) is 12.5. The predicted octanol–water partition coefficient (Wildman–Crippen LogP) is 2.82. The van der Waals surface area contributed by atoms with Crippen LogP contribution in [0, 0.1) is 5.41 Å². The number of hydrogen-bond acceptors (Lipinski definition) is 3. The third kappa shape index (κ3) is 3.16. The molecule has 1 heterocycles. The van der Waals surface area contributed by atoms with Crippen LogP contribution < -0.4 is 0 Å². The van der Waals surface area contributed by atoms with Crippen molar-refractivity contribution in [3.8, 4) is 0 Å². The zero-order valence-electron chi connectivity index (χ0n) is 11.0. The molecule has 1 aromatic rings. The minimum Gasteiger partial charge on any atom is -0.370 e. The normalized spacial score (nSPS) is 13.8. The lowest BCUT2D eigenvalue weighted by Gasteiger charge is -2.29. The Labute approximate surface area is 110 Å².